The summed E-state index contributed by atoms with van der Waals surface area (Å²) in [5.74, 6) is 0.894. The minimum atomic E-state index is 0.0688. The van der Waals surface area contributed by atoms with E-state index in [9.17, 15) is 4.79 Å². The van der Waals surface area contributed by atoms with Crippen molar-refractivity contribution in [1.82, 2.24) is 10.6 Å². The lowest BCUT2D eigenvalue weighted by Gasteiger charge is -2.12. The molecule has 0 bridgehead atoms. The molecule has 0 aliphatic rings. The first-order chi connectivity index (χ1) is 8.65. The van der Waals surface area contributed by atoms with E-state index in [1.165, 1.54) is 0 Å². The van der Waals surface area contributed by atoms with Gasteiger partial charge in [0, 0.05) is 19.0 Å². The number of carbonyl (C=O) groups excluding carboxylic acids is 1. The quantitative estimate of drug-likeness (QED) is 0.774. The molecule has 2 N–H and O–H groups in total. The van der Waals surface area contributed by atoms with Crippen LogP contribution < -0.4 is 15.4 Å². The van der Waals surface area contributed by atoms with Gasteiger partial charge in [-0.3, -0.25) is 4.79 Å². The maximum atomic E-state index is 11.6. The Morgan fingerprint density at radius 2 is 2.00 bits per heavy atom. The third kappa shape index (κ3) is 5.19. The number of amides is 1. The lowest BCUT2D eigenvalue weighted by molar-refractivity contribution is -0.121. The number of benzene rings is 1. The van der Waals surface area contributed by atoms with Crippen LogP contribution in [0.3, 0.4) is 0 Å². The van der Waals surface area contributed by atoms with Crippen molar-refractivity contribution in [2.24, 2.45) is 0 Å². The highest BCUT2D eigenvalue weighted by molar-refractivity contribution is 5.76. The zero-order chi connectivity index (χ0) is 13.4. The van der Waals surface area contributed by atoms with Crippen LogP contribution in [0.4, 0.5) is 0 Å². The van der Waals surface area contributed by atoms with Gasteiger partial charge < -0.3 is 15.4 Å². The highest BCUT2D eigenvalue weighted by Crippen LogP contribution is 2.10. The van der Waals surface area contributed by atoms with Crippen molar-refractivity contribution in [2.45, 2.75) is 32.9 Å². The molecule has 1 rings (SSSR count). The number of ether oxygens (including phenoxy) is 1. The molecule has 18 heavy (non-hydrogen) atoms. The Labute approximate surface area is 109 Å². The molecule has 0 heterocycles. The number of carbonyl (C=O) groups is 1. The van der Waals surface area contributed by atoms with Crippen LogP contribution in [0.15, 0.2) is 24.3 Å². The summed E-state index contributed by atoms with van der Waals surface area (Å²) in [7, 11) is 1.64. The van der Waals surface area contributed by atoms with Crippen LogP contribution in [0, 0.1) is 0 Å². The van der Waals surface area contributed by atoms with E-state index in [2.05, 4.69) is 10.6 Å². The largest absolute Gasteiger partial charge is 0.497 e. The molecule has 1 atom stereocenters. The molecule has 0 saturated carbocycles. The molecule has 0 aliphatic heterocycles. The first kappa shape index (κ1) is 14.5. The number of hydrogen-bond acceptors (Lipinski definition) is 3. The third-order valence-electron chi connectivity index (χ3n) is 2.69. The van der Waals surface area contributed by atoms with Gasteiger partial charge in [-0.15, -0.1) is 0 Å². The van der Waals surface area contributed by atoms with Gasteiger partial charge in [0.1, 0.15) is 5.75 Å². The Bertz CT molecular complexity index is 363. The molecule has 1 aromatic rings. The van der Waals surface area contributed by atoms with Crippen molar-refractivity contribution in [3.8, 4) is 5.75 Å². The van der Waals surface area contributed by atoms with E-state index in [0.29, 0.717) is 13.0 Å². The summed E-state index contributed by atoms with van der Waals surface area (Å²) in [4.78, 5) is 11.6. The second kappa shape index (κ2) is 7.71. The van der Waals surface area contributed by atoms with Gasteiger partial charge >= 0.3 is 0 Å². The molecule has 0 saturated heterocycles. The van der Waals surface area contributed by atoms with Crippen molar-refractivity contribution in [1.29, 1.82) is 0 Å². The molecule has 0 radical (unpaired) electrons. The molecule has 4 nitrogen and oxygen atoms in total. The summed E-state index contributed by atoms with van der Waals surface area (Å²) in [6.07, 6.45) is 0.504. The fourth-order valence-corrected chi connectivity index (χ4v) is 1.71. The molecule has 1 aromatic carbocycles. The van der Waals surface area contributed by atoms with Crippen LogP contribution in [0.2, 0.25) is 0 Å². The summed E-state index contributed by atoms with van der Waals surface area (Å²) < 4.78 is 5.08. The van der Waals surface area contributed by atoms with E-state index < -0.39 is 0 Å². The fraction of sp³-hybridized carbons (Fsp3) is 0.500. The van der Waals surface area contributed by atoms with Gasteiger partial charge in [0.2, 0.25) is 5.91 Å². The van der Waals surface area contributed by atoms with Crippen molar-refractivity contribution < 1.29 is 9.53 Å². The van der Waals surface area contributed by atoms with E-state index in [0.717, 1.165) is 17.9 Å². The predicted octanol–water partition coefficient (Wildman–Crippen LogP) is 1.70. The zero-order valence-electron chi connectivity index (χ0n) is 11.3. The monoisotopic (exact) mass is 250 g/mol. The maximum absolute atomic E-state index is 11.6. The van der Waals surface area contributed by atoms with Gasteiger partial charge in [-0.05, 0) is 31.2 Å². The predicted molar refractivity (Wildman–Crippen MR) is 72.6 cm³/mol. The van der Waals surface area contributed by atoms with Crippen LogP contribution in [-0.2, 0) is 11.3 Å². The molecular formula is C14H22N2O2. The SMILES string of the molecule is CCNC(C)CC(=O)NCc1ccc(OC)cc1. The molecular weight excluding hydrogens is 228 g/mol. The van der Waals surface area contributed by atoms with Crippen LogP contribution in [-0.4, -0.2) is 25.6 Å². The molecule has 0 spiro atoms. The van der Waals surface area contributed by atoms with E-state index >= 15 is 0 Å². The summed E-state index contributed by atoms with van der Waals surface area (Å²) in [5, 5.41) is 6.12. The van der Waals surface area contributed by atoms with Gasteiger partial charge in [-0.25, -0.2) is 0 Å². The zero-order valence-corrected chi connectivity index (χ0v) is 11.3. The second-order valence-corrected chi connectivity index (χ2v) is 4.29. The van der Waals surface area contributed by atoms with Gasteiger partial charge in [0.15, 0.2) is 0 Å². The minimum absolute atomic E-state index is 0.0688. The minimum Gasteiger partial charge on any atom is -0.497 e. The molecule has 1 unspecified atom stereocenters. The molecule has 4 heteroatoms. The van der Waals surface area contributed by atoms with E-state index in [1.807, 2.05) is 38.1 Å². The second-order valence-electron chi connectivity index (χ2n) is 4.29. The Morgan fingerprint density at radius 3 is 2.56 bits per heavy atom. The average Bonchev–Trinajstić information content (AvgIpc) is 2.37. The first-order valence-corrected chi connectivity index (χ1v) is 6.28. The van der Waals surface area contributed by atoms with E-state index in [4.69, 9.17) is 4.74 Å². The molecule has 1 amide bonds. The van der Waals surface area contributed by atoms with E-state index in [1.54, 1.807) is 7.11 Å². The first-order valence-electron chi connectivity index (χ1n) is 6.28. The maximum Gasteiger partial charge on any atom is 0.221 e. The Balaban J connectivity index is 2.33. The summed E-state index contributed by atoms with van der Waals surface area (Å²) >= 11 is 0. The van der Waals surface area contributed by atoms with Crippen molar-refractivity contribution in [3.05, 3.63) is 29.8 Å². The van der Waals surface area contributed by atoms with E-state index in [-0.39, 0.29) is 11.9 Å². The Morgan fingerprint density at radius 1 is 1.33 bits per heavy atom. The van der Waals surface area contributed by atoms with Crippen molar-refractivity contribution >= 4 is 5.91 Å². The summed E-state index contributed by atoms with van der Waals surface area (Å²) in [6, 6.07) is 7.90. The lowest BCUT2D eigenvalue weighted by Crippen LogP contribution is -2.33. The summed E-state index contributed by atoms with van der Waals surface area (Å²) in [6.45, 7) is 5.48. The standard InChI is InChI=1S/C14H22N2O2/c1-4-15-11(2)9-14(17)16-10-12-5-7-13(18-3)8-6-12/h5-8,11,15H,4,9-10H2,1-3H3,(H,16,17). The summed E-state index contributed by atoms with van der Waals surface area (Å²) in [5.41, 5.74) is 1.07. The number of nitrogens with one attached hydrogen (secondary N) is 2. The Hall–Kier alpha value is -1.55. The van der Waals surface area contributed by atoms with Gasteiger partial charge in [-0.2, -0.15) is 0 Å². The Kier molecular flexibility index (Phi) is 6.22. The normalized spacial score (nSPS) is 11.9. The molecule has 100 valence electrons. The van der Waals surface area contributed by atoms with Crippen LogP contribution in [0.5, 0.6) is 5.75 Å². The molecule has 0 fully saturated rings. The van der Waals surface area contributed by atoms with Crippen LogP contribution in [0.1, 0.15) is 25.8 Å². The molecule has 0 aromatic heterocycles. The lowest BCUT2D eigenvalue weighted by atomic mass is 10.2. The fourth-order valence-electron chi connectivity index (χ4n) is 1.71. The van der Waals surface area contributed by atoms with Crippen LogP contribution in [0.25, 0.3) is 0 Å². The number of methoxy groups -OCH3 is 1. The van der Waals surface area contributed by atoms with Crippen molar-refractivity contribution in [2.75, 3.05) is 13.7 Å². The highest BCUT2D eigenvalue weighted by atomic mass is 16.5. The van der Waals surface area contributed by atoms with Gasteiger partial charge in [0.05, 0.1) is 7.11 Å². The van der Waals surface area contributed by atoms with Gasteiger partial charge in [-0.1, -0.05) is 19.1 Å². The van der Waals surface area contributed by atoms with Gasteiger partial charge in [0.25, 0.3) is 0 Å². The average molecular weight is 250 g/mol. The highest BCUT2D eigenvalue weighted by Gasteiger charge is 2.07. The smallest absolute Gasteiger partial charge is 0.221 e. The van der Waals surface area contributed by atoms with Crippen LogP contribution >= 0.6 is 0 Å². The number of hydrogen-bond donors (Lipinski definition) is 2. The third-order valence-corrected chi connectivity index (χ3v) is 2.69. The topological polar surface area (TPSA) is 50.4 Å². The number of rotatable bonds is 7. The van der Waals surface area contributed by atoms with Crippen molar-refractivity contribution in [3.63, 3.8) is 0 Å². The molecule has 0 aliphatic carbocycles.